The SMILES string of the molecule is COc1c2c(cc3c1C(c1nnnn1C1CCCCC1)N(C)CC3)OCO2. The van der Waals surface area contributed by atoms with Gasteiger partial charge in [-0.1, -0.05) is 19.3 Å². The van der Waals surface area contributed by atoms with Gasteiger partial charge in [0.05, 0.1) is 13.2 Å². The average Bonchev–Trinajstić information content (AvgIpc) is 3.36. The van der Waals surface area contributed by atoms with Gasteiger partial charge < -0.3 is 14.2 Å². The van der Waals surface area contributed by atoms with Crippen LogP contribution in [0.25, 0.3) is 0 Å². The van der Waals surface area contributed by atoms with Gasteiger partial charge in [-0.2, -0.15) is 0 Å². The normalized spacial score (nSPS) is 22.7. The second-order valence-corrected chi connectivity index (χ2v) is 7.62. The minimum absolute atomic E-state index is 0.0601. The summed E-state index contributed by atoms with van der Waals surface area (Å²) in [5.41, 5.74) is 2.32. The molecule has 1 unspecified atom stereocenters. The number of nitrogens with zero attached hydrogens (tertiary/aromatic N) is 5. The van der Waals surface area contributed by atoms with Crippen LogP contribution in [0.4, 0.5) is 0 Å². The molecule has 3 aliphatic rings. The minimum Gasteiger partial charge on any atom is -0.492 e. The van der Waals surface area contributed by atoms with Gasteiger partial charge >= 0.3 is 0 Å². The highest BCUT2D eigenvalue weighted by atomic mass is 16.7. The molecule has 2 aliphatic heterocycles. The van der Waals surface area contributed by atoms with Crippen LogP contribution in [-0.4, -0.2) is 52.6 Å². The highest BCUT2D eigenvalue weighted by molar-refractivity contribution is 5.62. The zero-order chi connectivity index (χ0) is 18.4. The molecule has 8 nitrogen and oxygen atoms in total. The highest BCUT2D eigenvalue weighted by Gasteiger charge is 2.38. The summed E-state index contributed by atoms with van der Waals surface area (Å²) in [5, 5.41) is 12.9. The summed E-state index contributed by atoms with van der Waals surface area (Å²) in [6, 6.07) is 2.41. The zero-order valence-corrected chi connectivity index (χ0v) is 15.8. The van der Waals surface area contributed by atoms with Crippen molar-refractivity contribution in [1.82, 2.24) is 25.1 Å². The topological polar surface area (TPSA) is 74.5 Å². The van der Waals surface area contributed by atoms with E-state index < -0.39 is 0 Å². The first-order chi connectivity index (χ1) is 13.3. The van der Waals surface area contributed by atoms with Crippen molar-refractivity contribution in [2.45, 2.75) is 50.6 Å². The lowest BCUT2D eigenvalue weighted by atomic mass is 9.90. The predicted octanol–water partition coefficient (Wildman–Crippen LogP) is 2.49. The molecule has 1 aromatic carbocycles. The van der Waals surface area contributed by atoms with Gasteiger partial charge in [-0.3, -0.25) is 4.90 Å². The number of tetrazole rings is 1. The van der Waals surface area contributed by atoms with E-state index in [-0.39, 0.29) is 12.8 Å². The van der Waals surface area contributed by atoms with Crippen molar-refractivity contribution in [2.24, 2.45) is 0 Å². The standard InChI is InChI=1S/C19H25N5O3/c1-23-9-8-12-10-14-17(27-11-26-14)18(25-2)15(12)16(23)19-20-21-22-24(19)13-6-4-3-5-7-13/h10,13,16H,3-9,11H2,1-2H3. The number of hydrogen-bond donors (Lipinski definition) is 0. The lowest BCUT2D eigenvalue weighted by Crippen LogP contribution is -2.35. The minimum atomic E-state index is -0.0601. The fraction of sp³-hybridized carbons (Fsp3) is 0.632. The van der Waals surface area contributed by atoms with Crippen molar-refractivity contribution in [3.8, 4) is 17.2 Å². The first-order valence-electron chi connectivity index (χ1n) is 9.75. The van der Waals surface area contributed by atoms with E-state index in [1.165, 1.54) is 24.8 Å². The third kappa shape index (κ3) is 2.65. The Morgan fingerprint density at radius 2 is 2.04 bits per heavy atom. The molecule has 0 amide bonds. The number of fused-ring (bicyclic) bond motifs is 2. The number of ether oxygens (including phenoxy) is 3. The molecular formula is C19H25N5O3. The smallest absolute Gasteiger partial charge is 0.231 e. The number of benzene rings is 1. The van der Waals surface area contributed by atoms with Crippen molar-refractivity contribution < 1.29 is 14.2 Å². The number of hydrogen-bond acceptors (Lipinski definition) is 7. The summed E-state index contributed by atoms with van der Waals surface area (Å²) in [4.78, 5) is 2.30. The van der Waals surface area contributed by atoms with Crippen molar-refractivity contribution in [2.75, 3.05) is 27.5 Å². The van der Waals surface area contributed by atoms with E-state index >= 15 is 0 Å². The predicted molar refractivity (Wildman–Crippen MR) is 97.2 cm³/mol. The van der Waals surface area contributed by atoms with Gasteiger partial charge in [-0.25, -0.2) is 4.68 Å². The van der Waals surface area contributed by atoms with Crippen LogP contribution in [0.5, 0.6) is 17.2 Å². The van der Waals surface area contributed by atoms with E-state index in [2.05, 4.69) is 38.2 Å². The van der Waals surface area contributed by atoms with Crippen molar-refractivity contribution in [3.05, 3.63) is 23.0 Å². The monoisotopic (exact) mass is 371 g/mol. The third-order valence-corrected chi connectivity index (χ3v) is 6.08. The Morgan fingerprint density at radius 1 is 1.19 bits per heavy atom. The summed E-state index contributed by atoms with van der Waals surface area (Å²) in [7, 11) is 3.81. The van der Waals surface area contributed by atoms with Gasteiger partial charge in [0.25, 0.3) is 0 Å². The van der Waals surface area contributed by atoms with Crippen LogP contribution >= 0.6 is 0 Å². The summed E-state index contributed by atoms with van der Waals surface area (Å²) >= 11 is 0. The van der Waals surface area contributed by atoms with E-state index in [1.807, 2.05) is 0 Å². The quantitative estimate of drug-likeness (QED) is 0.820. The summed E-state index contributed by atoms with van der Waals surface area (Å²) in [6.45, 7) is 1.16. The molecule has 0 bridgehead atoms. The molecule has 1 atom stereocenters. The van der Waals surface area contributed by atoms with E-state index in [4.69, 9.17) is 14.2 Å². The molecule has 0 radical (unpaired) electrons. The molecule has 1 aromatic heterocycles. The second kappa shape index (κ2) is 6.67. The van der Waals surface area contributed by atoms with Crippen LogP contribution in [-0.2, 0) is 6.42 Å². The molecule has 0 saturated heterocycles. The molecule has 5 rings (SSSR count). The molecule has 144 valence electrons. The Morgan fingerprint density at radius 3 is 2.85 bits per heavy atom. The molecule has 1 saturated carbocycles. The molecule has 8 heteroatoms. The Bertz CT molecular complexity index is 846. The Balaban J connectivity index is 1.64. The third-order valence-electron chi connectivity index (χ3n) is 6.08. The summed E-state index contributed by atoms with van der Waals surface area (Å²) < 4.78 is 19.2. The van der Waals surface area contributed by atoms with Gasteiger partial charge in [-0.05, 0) is 48.4 Å². The Hall–Kier alpha value is -2.35. The van der Waals surface area contributed by atoms with Crippen LogP contribution in [0.1, 0.15) is 61.1 Å². The van der Waals surface area contributed by atoms with Crippen LogP contribution in [0.3, 0.4) is 0 Å². The van der Waals surface area contributed by atoms with Gasteiger partial charge in [0.15, 0.2) is 17.3 Å². The number of aromatic nitrogens is 4. The summed E-state index contributed by atoms with van der Waals surface area (Å²) in [5.74, 6) is 3.09. The van der Waals surface area contributed by atoms with Crippen molar-refractivity contribution in [3.63, 3.8) is 0 Å². The fourth-order valence-electron chi connectivity index (χ4n) is 4.73. The average molecular weight is 371 g/mol. The van der Waals surface area contributed by atoms with E-state index in [0.29, 0.717) is 11.8 Å². The van der Waals surface area contributed by atoms with E-state index in [1.54, 1.807) is 7.11 Å². The van der Waals surface area contributed by atoms with Gasteiger partial charge in [0, 0.05) is 12.1 Å². The van der Waals surface area contributed by atoms with Crippen LogP contribution in [0.15, 0.2) is 6.07 Å². The van der Waals surface area contributed by atoms with Crippen molar-refractivity contribution >= 4 is 0 Å². The van der Waals surface area contributed by atoms with Crippen LogP contribution in [0, 0.1) is 0 Å². The highest BCUT2D eigenvalue weighted by Crippen LogP contribution is 2.50. The molecule has 1 fully saturated rings. The number of rotatable bonds is 3. The maximum Gasteiger partial charge on any atom is 0.231 e. The summed E-state index contributed by atoms with van der Waals surface area (Å²) in [6.07, 6.45) is 6.99. The van der Waals surface area contributed by atoms with Crippen molar-refractivity contribution in [1.29, 1.82) is 0 Å². The van der Waals surface area contributed by atoms with Gasteiger partial charge in [-0.15, -0.1) is 5.10 Å². The lowest BCUT2D eigenvalue weighted by Gasteiger charge is -2.35. The zero-order valence-electron chi connectivity index (χ0n) is 15.8. The Labute approximate surface area is 158 Å². The first kappa shape index (κ1) is 16.8. The molecule has 1 aliphatic carbocycles. The molecule has 0 N–H and O–H groups in total. The van der Waals surface area contributed by atoms with E-state index in [0.717, 1.165) is 48.7 Å². The Kier molecular flexibility index (Phi) is 4.15. The molecule has 0 spiro atoms. The maximum absolute atomic E-state index is 5.81. The first-order valence-corrected chi connectivity index (χ1v) is 9.75. The van der Waals surface area contributed by atoms with E-state index in [9.17, 15) is 0 Å². The van der Waals surface area contributed by atoms with Gasteiger partial charge in [0.2, 0.25) is 12.5 Å². The molecule has 27 heavy (non-hydrogen) atoms. The number of likely N-dealkylation sites (N-methyl/N-ethyl adjacent to an activating group) is 1. The van der Waals surface area contributed by atoms with Gasteiger partial charge in [0.1, 0.15) is 6.04 Å². The fourth-order valence-corrected chi connectivity index (χ4v) is 4.73. The molecule has 3 heterocycles. The lowest BCUT2D eigenvalue weighted by molar-refractivity contribution is 0.170. The van der Waals surface area contributed by atoms with Crippen LogP contribution < -0.4 is 14.2 Å². The number of methoxy groups -OCH3 is 1. The van der Waals surface area contributed by atoms with Crippen LogP contribution in [0.2, 0.25) is 0 Å². The molecule has 2 aromatic rings. The molecular weight excluding hydrogens is 346 g/mol. The largest absolute Gasteiger partial charge is 0.492 e. The second-order valence-electron chi connectivity index (χ2n) is 7.62. The maximum atomic E-state index is 5.81.